The number of ether oxygens (including phenoxy) is 1. The highest BCUT2D eigenvalue weighted by atomic mass is 16.5. The third-order valence-corrected chi connectivity index (χ3v) is 2.61. The quantitative estimate of drug-likeness (QED) is 0.727. The van der Waals surface area contributed by atoms with Crippen molar-refractivity contribution in [1.82, 2.24) is 5.32 Å². The first-order valence-electron chi connectivity index (χ1n) is 6.41. The first kappa shape index (κ1) is 14.5. The van der Waals surface area contributed by atoms with Gasteiger partial charge < -0.3 is 15.8 Å². The molecule has 4 heteroatoms. The van der Waals surface area contributed by atoms with Crippen LogP contribution in [-0.4, -0.2) is 25.1 Å². The molecular formula is C14H22N2O2. The zero-order valence-corrected chi connectivity index (χ0v) is 11.1. The zero-order valence-electron chi connectivity index (χ0n) is 11.1. The summed E-state index contributed by atoms with van der Waals surface area (Å²) in [5.74, 6) is 0.694. The van der Waals surface area contributed by atoms with Gasteiger partial charge in [0.15, 0.2) is 0 Å². The van der Waals surface area contributed by atoms with Gasteiger partial charge in [-0.15, -0.1) is 0 Å². The maximum atomic E-state index is 11.8. The van der Waals surface area contributed by atoms with Crippen LogP contribution in [0.5, 0.6) is 5.75 Å². The maximum Gasteiger partial charge on any atom is 0.251 e. The fourth-order valence-corrected chi connectivity index (χ4v) is 1.40. The van der Waals surface area contributed by atoms with Crippen LogP contribution in [0.2, 0.25) is 0 Å². The summed E-state index contributed by atoms with van der Waals surface area (Å²) in [7, 11) is 0. The van der Waals surface area contributed by atoms with Crippen LogP contribution >= 0.6 is 0 Å². The number of hydrogen-bond acceptors (Lipinski definition) is 3. The molecule has 4 nitrogen and oxygen atoms in total. The molecule has 0 radical (unpaired) electrons. The van der Waals surface area contributed by atoms with E-state index in [-0.39, 0.29) is 11.9 Å². The van der Waals surface area contributed by atoms with Crippen molar-refractivity contribution in [3.05, 3.63) is 29.8 Å². The van der Waals surface area contributed by atoms with Gasteiger partial charge in [-0.25, -0.2) is 0 Å². The monoisotopic (exact) mass is 250 g/mol. The molecule has 0 saturated carbocycles. The standard InChI is InChI=1S/C14H22N2O2/c1-3-4-9-18-13-7-5-12(6-8-13)14(17)16-11(2)10-15/h5-8,11H,3-4,9-10,15H2,1-2H3,(H,16,17)/t11-/m1/s1. The molecule has 1 aromatic rings. The first-order valence-corrected chi connectivity index (χ1v) is 6.41. The van der Waals surface area contributed by atoms with Crippen molar-refractivity contribution >= 4 is 5.91 Å². The lowest BCUT2D eigenvalue weighted by atomic mass is 10.2. The van der Waals surface area contributed by atoms with Crippen LogP contribution in [0.1, 0.15) is 37.0 Å². The normalized spacial score (nSPS) is 11.9. The molecule has 0 aliphatic rings. The Hall–Kier alpha value is -1.55. The molecular weight excluding hydrogens is 228 g/mol. The number of carbonyl (C=O) groups is 1. The van der Waals surface area contributed by atoms with Crippen LogP contribution in [0.3, 0.4) is 0 Å². The highest BCUT2D eigenvalue weighted by molar-refractivity contribution is 5.94. The third-order valence-electron chi connectivity index (χ3n) is 2.61. The van der Waals surface area contributed by atoms with Crippen LogP contribution in [-0.2, 0) is 0 Å². The lowest BCUT2D eigenvalue weighted by molar-refractivity contribution is 0.0941. The highest BCUT2D eigenvalue weighted by Gasteiger charge is 2.08. The van der Waals surface area contributed by atoms with Gasteiger partial charge in [0, 0.05) is 18.2 Å². The number of nitrogens with two attached hydrogens (primary N) is 1. The largest absolute Gasteiger partial charge is 0.494 e. The van der Waals surface area contributed by atoms with Gasteiger partial charge in [-0.05, 0) is 37.6 Å². The van der Waals surface area contributed by atoms with Gasteiger partial charge in [0.1, 0.15) is 5.75 Å². The van der Waals surface area contributed by atoms with E-state index in [0.29, 0.717) is 18.7 Å². The number of hydrogen-bond donors (Lipinski definition) is 2. The number of unbranched alkanes of at least 4 members (excludes halogenated alkanes) is 1. The fourth-order valence-electron chi connectivity index (χ4n) is 1.40. The van der Waals surface area contributed by atoms with Crippen molar-refractivity contribution in [1.29, 1.82) is 0 Å². The summed E-state index contributed by atoms with van der Waals surface area (Å²) in [4.78, 5) is 11.8. The second-order valence-electron chi connectivity index (χ2n) is 4.34. The molecule has 1 amide bonds. The summed E-state index contributed by atoms with van der Waals surface area (Å²) < 4.78 is 5.53. The van der Waals surface area contributed by atoms with E-state index >= 15 is 0 Å². The van der Waals surface area contributed by atoms with E-state index in [1.165, 1.54) is 0 Å². The minimum atomic E-state index is -0.104. The predicted octanol–water partition coefficient (Wildman–Crippen LogP) is 1.94. The third kappa shape index (κ3) is 4.75. The molecule has 0 saturated heterocycles. The topological polar surface area (TPSA) is 64.3 Å². The molecule has 1 atom stereocenters. The van der Waals surface area contributed by atoms with Crippen LogP contribution < -0.4 is 15.8 Å². The van der Waals surface area contributed by atoms with Gasteiger partial charge in [-0.2, -0.15) is 0 Å². The molecule has 0 fully saturated rings. The number of amides is 1. The Kier molecular flexibility index (Phi) is 6.22. The second-order valence-corrected chi connectivity index (χ2v) is 4.34. The first-order chi connectivity index (χ1) is 8.67. The van der Waals surface area contributed by atoms with Crippen molar-refractivity contribution < 1.29 is 9.53 Å². The lowest BCUT2D eigenvalue weighted by Gasteiger charge is -2.11. The second kappa shape index (κ2) is 7.71. The molecule has 1 rings (SSSR count). The van der Waals surface area contributed by atoms with Gasteiger partial charge >= 0.3 is 0 Å². The summed E-state index contributed by atoms with van der Waals surface area (Å²) in [5.41, 5.74) is 6.08. The zero-order chi connectivity index (χ0) is 13.4. The van der Waals surface area contributed by atoms with Crippen LogP contribution in [0, 0.1) is 0 Å². The molecule has 3 N–H and O–H groups in total. The Balaban J connectivity index is 2.51. The summed E-state index contributed by atoms with van der Waals surface area (Å²) in [6.45, 7) is 5.14. The SMILES string of the molecule is CCCCOc1ccc(C(=O)N[C@H](C)CN)cc1. The lowest BCUT2D eigenvalue weighted by Crippen LogP contribution is -2.37. The van der Waals surface area contributed by atoms with Crippen LogP contribution in [0.4, 0.5) is 0 Å². The smallest absolute Gasteiger partial charge is 0.251 e. The molecule has 0 heterocycles. The van der Waals surface area contributed by atoms with Gasteiger partial charge in [0.2, 0.25) is 0 Å². The maximum absolute atomic E-state index is 11.8. The Bertz CT molecular complexity index is 363. The van der Waals surface area contributed by atoms with Crippen molar-refractivity contribution in [3.8, 4) is 5.75 Å². The fraction of sp³-hybridized carbons (Fsp3) is 0.500. The average Bonchev–Trinajstić information content (AvgIpc) is 2.39. The minimum Gasteiger partial charge on any atom is -0.494 e. The highest BCUT2D eigenvalue weighted by Crippen LogP contribution is 2.12. The van der Waals surface area contributed by atoms with Crippen molar-refractivity contribution in [2.75, 3.05) is 13.2 Å². The molecule has 1 aromatic carbocycles. The molecule has 0 aromatic heterocycles. The van der Waals surface area contributed by atoms with E-state index in [2.05, 4.69) is 12.2 Å². The summed E-state index contributed by atoms with van der Waals surface area (Å²) >= 11 is 0. The average molecular weight is 250 g/mol. The molecule has 18 heavy (non-hydrogen) atoms. The number of carbonyl (C=O) groups excluding carboxylic acids is 1. The van der Waals surface area contributed by atoms with Crippen molar-refractivity contribution in [2.24, 2.45) is 5.73 Å². The molecule has 0 unspecified atom stereocenters. The van der Waals surface area contributed by atoms with E-state index in [4.69, 9.17) is 10.5 Å². The van der Waals surface area contributed by atoms with Crippen molar-refractivity contribution in [2.45, 2.75) is 32.7 Å². The Morgan fingerprint density at radius 3 is 2.61 bits per heavy atom. The van der Waals surface area contributed by atoms with Gasteiger partial charge in [-0.3, -0.25) is 4.79 Å². The summed E-state index contributed by atoms with van der Waals surface area (Å²) in [6.07, 6.45) is 2.15. The molecule has 100 valence electrons. The molecule has 0 aliphatic carbocycles. The van der Waals surface area contributed by atoms with E-state index in [0.717, 1.165) is 18.6 Å². The van der Waals surface area contributed by atoms with Crippen LogP contribution in [0.15, 0.2) is 24.3 Å². The molecule has 0 bridgehead atoms. The Morgan fingerprint density at radius 1 is 1.39 bits per heavy atom. The van der Waals surface area contributed by atoms with Crippen LogP contribution in [0.25, 0.3) is 0 Å². The summed E-state index contributed by atoms with van der Waals surface area (Å²) in [6, 6.07) is 7.15. The van der Waals surface area contributed by atoms with E-state index in [9.17, 15) is 4.79 Å². The number of nitrogens with one attached hydrogen (secondary N) is 1. The van der Waals surface area contributed by atoms with Gasteiger partial charge in [-0.1, -0.05) is 13.3 Å². The Morgan fingerprint density at radius 2 is 2.06 bits per heavy atom. The minimum absolute atomic E-state index is 0.0158. The Labute approximate surface area is 109 Å². The molecule has 0 spiro atoms. The summed E-state index contributed by atoms with van der Waals surface area (Å²) in [5, 5.41) is 2.81. The van der Waals surface area contributed by atoms with Crippen molar-refractivity contribution in [3.63, 3.8) is 0 Å². The number of rotatable bonds is 7. The van der Waals surface area contributed by atoms with Gasteiger partial charge in [0.05, 0.1) is 6.61 Å². The van der Waals surface area contributed by atoms with Gasteiger partial charge in [0.25, 0.3) is 5.91 Å². The van der Waals surface area contributed by atoms with E-state index < -0.39 is 0 Å². The van der Waals surface area contributed by atoms with E-state index in [1.54, 1.807) is 12.1 Å². The predicted molar refractivity (Wildman–Crippen MR) is 72.8 cm³/mol. The number of benzene rings is 1. The van der Waals surface area contributed by atoms with E-state index in [1.807, 2.05) is 19.1 Å². The molecule has 0 aliphatic heterocycles.